The molecular formula is C16H15FN4O3. The molecule has 0 aromatic heterocycles. The van der Waals surface area contributed by atoms with Gasteiger partial charge in [-0.3, -0.25) is 14.9 Å². The van der Waals surface area contributed by atoms with Crippen LogP contribution in [0.25, 0.3) is 0 Å². The van der Waals surface area contributed by atoms with Gasteiger partial charge in [-0.1, -0.05) is 12.1 Å². The number of hydrazone groups is 1. The minimum Gasteiger partial charge on any atom is -0.376 e. The molecule has 24 heavy (non-hydrogen) atoms. The number of carbonyl (C=O) groups excluding carboxylic acids is 1. The van der Waals surface area contributed by atoms with Crippen molar-refractivity contribution in [2.45, 2.75) is 6.92 Å². The Morgan fingerprint density at radius 3 is 2.67 bits per heavy atom. The van der Waals surface area contributed by atoms with Crippen LogP contribution in [-0.2, 0) is 4.79 Å². The molecular weight excluding hydrogens is 315 g/mol. The van der Waals surface area contributed by atoms with E-state index >= 15 is 0 Å². The van der Waals surface area contributed by atoms with Gasteiger partial charge in [-0.25, -0.2) is 9.82 Å². The highest BCUT2D eigenvalue weighted by atomic mass is 19.1. The highest BCUT2D eigenvalue weighted by Crippen LogP contribution is 2.18. The van der Waals surface area contributed by atoms with Gasteiger partial charge >= 0.3 is 0 Å². The third-order valence-corrected chi connectivity index (χ3v) is 3.13. The first-order valence-corrected chi connectivity index (χ1v) is 7.02. The van der Waals surface area contributed by atoms with Gasteiger partial charge in [0.15, 0.2) is 0 Å². The van der Waals surface area contributed by atoms with E-state index in [2.05, 4.69) is 15.8 Å². The Morgan fingerprint density at radius 1 is 1.29 bits per heavy atom. The summed E-state index contributed by atoms with van der Waals surface area (Å²) in [4.78, 5) is 22.0. The number of halogens is 1. The van der Waals surface area contributed by atoms with Gasteiger partial charge in [0.05, 0.1) is 17.7 Å². The Kier molecular flexibility index (Phi) is 5.56. The molecule has 0 spiro atoms. The number of nitro groups is 1. The number of aryl methyl sites for hydroxylation is 1. The van der Waals surface area contributed by atoms with Gasteiger partial charge in [0.1, 0.15) is 5.82 Å². The summed E-state index contributed by atoms with van der Waals surface area (Å²) < 4.78 is 12.7. The molecule has 0 bridgehead atoms. The van der Waals surface area contributed by atoms with Crippen LogP contribution in [0.15, 0.2) is 47.6 Å². The Bertz CT molecular complexity index is 775. The van der Waals surface area contributed by atoms with E-state index in [-0.39, 0.29) is 18.0 Å². The number of nitrogens with one attached hydrogen (secondary N) is 2. The first-order valence-electron chi connectivity index (χ1n) is 7.02. The van der Waals surface area contributed by atoms with Crippen molar-refractivity contribution in [3.05, 3.63) is 69.5 Å². The zero-order valence-corrected chi connectivity index (χ0v) is 12.8. The van der Waals surface area contributed by atoms with Gasteiger partial charge in [0, 0.05) is 22.9 Å². The number of amides is 1. The fourth-order valence-corrected chi connectivity index (χ4v) is 1.87. The van der Waals surface area contributed by atoms with E-state index in [4.69, 9.17) is 0 Å². The molecule has 8 heteroatoms. The summed E-state index contributed by atoms with van der Waals surface area (Å²) in [6, 6.07) is 10.2. The Labute approximate surface area is 137 Å². The van der Waals surface area contributed by atoms with E-state index in [1.54, 1.807) is 19.1 Å². The maximum atomic E-state index is 12.7. The zero-order valence-electron chi connectivity index (χ0n) is 12.8. The topological polar surface area (TPSA) is 96.6 Å². The van der Waals surface area contributed by atoms with Crippen LogP contribution < -0.4 is 10.7 Å². The largest absolute Gasteiger partial charge is 0.376 e. The number of hydrogen-bond donors (Lipinski definition) is 2. The predicted octanol–water partition coefficient (Wildman–Crippen LogP) is 2.60. The lowest BCUT2D eigenvalue weighted by Crippen LogP contribution is -2.25. The molecule has 2 rings (SSSR count). The molecule has 0 saturated carbocycles. The number of benzene rings is 2. The minimum atomic E-state index is -0.474. The van der Waals surface area contributed by atoms with Crippen molar-refractivity contribution in [2.75, 3.05) is 11.9 Å². The predicted molar refractivity (Wildman–Crippen MR) is 88.5 cm³/mol. The van der Waals surface area contributed by atoms with E-state index in [0.29, 0.717) is 16.8 Å². The summed E-state index contributed by atoms with van der Waals surface area (Å²) in [5.74, 6) is -0.765. The molecule has 0 aliphatic heterocycles. The molecule has 0 saturated heterocycles. The normalized spacial score (nSPS) is 10.6. The first-order chi connectivity index (χ1) is 11.5. The second kappa shape index (κ2) is 7.82. The molecule has 0 radical (unpaired) electrons. The van der Waals surface area contributed by atoms with E-state index in [0.717, 1.165) is 0 Å². The molecule has 0 heterocycles. The van der Waals surface area contributed by atoms with Gasteiger partial charge in [-0.05, 0) is 31.2 Å². The Hall–Kier alpha value is -3.29. The highest BCUT2D eigenvalue weighted by Gasteiger charge is 2.09. The monoisotopic (exact) mass is 330 g/mol. The van der Waals surface area contributed by atoms with Crippen LogP contribution in [0.2, 0.25) is 0 Å². The fraction of sp³-hybridized carbons (Fsp3) is 0.125. The number of carbonyl (C=O) groups is 1. The van der Waals surface area contributed by atoms with Gasteiger partial charge < -0.3 is 5.32 Å². The number of rotatable bonds is 6. The van der Waals surface area contributed by atoms with Crippen LogP contribution >= 0.6 is 0 Å². The van der Waals surface area contributed by atoms with Crippen molar-refractivity contribution >= 4 is 23.5 Å². The smallest absolute Gasteiger partial charge is 0.272 e. The summed E-state index contributed by atoms with van der Waals surface area (Å²) in [7, 11) is 0. The highest BCUT2D eigenvalue weighted by molar-refractivity contribution is 5.84. The maximum absolute atomic E-state index is 12.7. The maximum Gasteiger partial charge on any atom is 0.272 e. The number of nitro benzene ring substituents is 1. The summed E-state index contributed by atoms with van der Waals surface area (Å²) >= 11 is 0. The SMILES string of the molecule is Cc1ccc(/C=N\NC(=O)CNc2ccc(F)cc2)cc1[N+](=O)[O-]. The lowest BCUT2D eigenvalue weighted by Gasteiger charge is -2.04. The third-order valence-electron chi connectivity index (χ3n) is 3.13. The van der Waals surface area contributed by atoms with Crippen LogP contribution in [-0.4, -0.2) is 23.6 Å². The van der Waals surface area contributed by atoms with Gasteiger partial charge in [-0.2, -0.15) is 5.10 Å². The minimum absolute atomic E-state index is 0.0109. The van der Waals surface area contributed by atoms with Crippen molar-refractivity contribution in [1.82, 2.24) is 5.43 Å². The van der Waals surface area contributed by atoms with Crippen molar-refractivity contribution in [1.29, 1.82) is 0 Å². The van der Waals surface area contributed by atoms with Crippen LogP contribution in [0.3, 0.4) is 0 Å². The molecule has 0 aliphatic rings. The second-order valence-electron chi connectivity index (χ2n) is 4.96. The average Bonchev–Trinajstić information content (AvgIpc) is 2.55. The summed E-state index contributed by atoms with van der Waals surface area (Å²) in [5.41, 5.74) is 3.94. The number of anilines is 1. The summed E-state index contributed by atoms with van der Waals surface area (Å²) in [5, 5.41) is 17.4. The van der Waals surface area contributed by atoms with Gasteiger partial charge in [0.25, 0.3) is 11.6 Å². The van der Waals surface area contributed by atoms with Crippen molar-refractivity contribution in [2.24, 2.45) is 5.10 Å². The standard InChI is InChI=1S/C16H15FN4O3/c1-11-2-3-12(8-15(11)21(23)24)9-19-20-16(22)10-18-14-6-4-13(17)5-7-14/h2-9,18H,10H2,1H3,(H,20,22)/b19-9-. The molecule has 0 unspecified atom stereocenters. The number of nitrogens with zero attached hydrogens (tertiary/aromatic N) is 2. The lowest BCUT2D eigenvalue weighted by molar-refractivity contribution is -0.385. The third kappa shape index (κ3) is 4.87. The zero-order chi connectivity index (χ0) is 17.5. The van der Waals surface area contributed by atoms with Crippen LogP contribution in [0.1, 0.15) is 11.1 Å². The molecule has 124 valence electrons. The Morgan fingerprint density at radius 2 is 2.00 bits per heavy atom. The van der Waals surface area contributed by atoms with Gasteiger partial charge in [0.2, 0.25) is 0 Å². The van der Waals surface area contributed by atoms with Crippen molar-refractivity contribution in [3.63, 3.8) is 0 Å². The first kappa shape index (κ1) is 17.1. The second-order valence-corrected chi connectivity index (χ2v) is 4.96. The fourth-order valence-electron chi connectivity index (χ4n) is 1.87. The molecule has 2 aromatic carbocycles. The van der Waals surface area contributed by atoms with E-state index in [1.165, 1.54) is 36.5 Å². The van der Waals surface area contributed by atoms with Crippen molar-refractivity contribution < 1.29 is 14.1 Å². The van der Waals surface area contributed by atoms with E-state index in [9.17, 15) is 19.3 Å². The molecule has 2 aromatic rings. The molecule has 7 nitrogen and oxygen atoms in total. The number of hydrogen-bond acceptors (Lipinski definition) is 5. The molecule has 0 atom stereocenters. The van der Waals surface area contributed by atoms with E-state index < -0.39 is 10.8 Å². The quantitative estimate of drug-likeness (QED) is 0.483. The average molecular weight is 330 g/mol. The van der Waals surface area contributed by atoms with E-state index in [1.807, 2.05) is 0 Å². The van der Waals surface area contributed by atoms with Crippen LogP contribution in [0.4, 0.5) is 15.8 Å². The Balaban J connectivity index is 1.87. The van der Waals surface area contributed by atoms with Gasteiger partial charge in [-0.15, -0.1) is 0 Å². The van der Waals surface area contributed by atoms with Crippen LogP contribution in [0, 0.1) is 22.9 Å². The van der Waals surface area contributed by atoms with Crippen LogP contribution in [0.5, 0.6) is 0 Å². The molecule has 0 aliphatic carbocycles. The summed E-state index contributed by atoms with van der Waals surface area (Å²) in [6.07, 6.45) is 1.32. The molecule has 0 fully saturated rings. The summed E-state index contributed by atoms with van der Waals surface area (Å²) in [6.45, 7) is 1.60. The van der Waals surface area contributed by atoms with Crippen molar-refractivity contribution in [3.8, 4) is 0 Å². The molecule has 2 N–H and O–H groups in total. The molecule has 1 amide bonds. The lowest BCUT2D eigenvalue weighted by atomic mass is 10.1.